The standard InChI is InChI=1S/C26H33NO6S/c1-17(2)23-14-7-19(4)15-24(23)33-25(28)16-32-26(29)20-8-12-22(13-9-20)34(30,31)27-21-10-5-18(3)6-11-21/h5-6,8-13,17,19,23-24,27H,7,14-16H2,1-4H3. The van der Waals surface area contributed by atoms with E-state index in [1.165, 1.54) is 24.3 Å². The Morgan fingerprint density at radius 3 is 2.29 bits per heavy atom. The molecule has 3 unspecified atom stereocenters. The summed E-state index contributed by atoms with van der Waals surface area (Å²) < 4.78 is 38.4. The molecule has 3 atom stereocenters. The normalized spacial score (nSPS) is 20.6. The summed E-state index contributed by atoms with van der Waals surface area (Å²) in [6.07, 6.45) is 2.79. The second-order valence-corrected chi connectivity index (χ2v) is 11.1. The lowest BCUT2D eigenvalue weighted by molar-refractivity contribution is -0.159. The van der Waals surface area contributed by atoms with E-state index >= 15 is 0 Å². The maximum atomic E-state index is 12.6. The van der Waals surface area contributed by atoms with Gasteiger partial charge in [0.1, 0.15) is 6.10 Å². The van der Waals surface area contributed by atoms with Gasteiger partial charge >= 0.3 is 11.9 Å². The van der Waals surface area contributed by atoms with E-state index in [0.29, 0.717) is 23.4 Å². The van der Waals surface area contributed by atoms with Crippen LogP contribution in [0.1, 0.15) is 56.0 Å². The van der Waals surface area contributed by atoms with E-state index < -0.39 is 28.6 Å². The van der Waals surface area contributed by atoms with Crippen LogP contribution in [-0.2, 0) is 24.3 Å². The Morgan fingerprint density at radius 1 is 1.03 bits per heavy atom. The van der Waals surface area contributed by atoms with E-state index in [-0.39, 0.29) is 16.6 Å². The van der Waals surface area contributed by atoms with Crippen molar-refractivity contribution in [2.45, 2.75) is 58.0 Å². The Labute approximate surface area is 201 Å². The Balaban J connectivity index is 1.55. The zero-order chi connectivity index (χ0) is 24.9. The molecule has 0 bridgehead atoms. The van der Waals surface area contributed by atoms with E-state index in [9.17, 15) is 18.0 Å². The van der Waals surface area contributed by atoms with E-state index in [1.54, 1.807) is 24.3 Å². The molecule has 2 aromatic carbocycles. The molecule has 184 valence electrons. The van der Waals surface area contributed by atoms with Crippen LogP contribution in [0.15, 0.2) is 53.4 Å². The third-order valence-electron chi connectivity index (χ3n) is 6.27. The largest absolute Gasteiger partial charge is 0.460 e. The van der Waals surface area contributed by atoms with Gasteiger partial charge in [-0.3, -0.25) is 4.72 Å². The van der Waals surface area contributed by atoms with Gasteiger partial charge in [0.05, 0.1) is 10.5 Å². The molecule has 0 heterocycles. The molecule has 2 aromatic rings. The Bertz CT molecular complexity index is 1090. The molecule has 0 saturated heterocycles. The first kappa shape index (κ1) is 25.7. The summed E-state index contributed by atoms with van der Waals surface area (Å²) in [6, 6.07) is 12.3. The minimum Gasteiger partial charge on any atom is -0.460 e. The number of aryl methyl sites for hydroxylation is 1. The molecular weight excluding hydrogens is 454 g/mol. The molecule has 0 aliphatic heterocycles. The fourth-order valence-corrected chi connectivity index (χ4v) is 5.33. The SMILES string of the molecule is Cc1ccc(NS(=O)(=O)c2ccc(C(=O)OCC(=O)OC3CC(C)CCC3C(C)C)cc2)cc1. The fourth-order valence-electron chi connectivity index (χ4n) is 4.27. The molecule has 0 amide bonds. The minimum atomic E-state index is -3.80. The van der Waals surface area contributed by atoms with Crippen LogP contribution in [0.3, 0.4) is 0 Å². The number of ether oxygens (including phenoxy) is 2. The second-order valence-electron chi connectivity index (χ2n) is 9.43. The summed E-state index contributed by atoms with van der Waals surface area (Å²) in [6.45, 7) is 7.83. The molecule has 0 spiro atoms. The van der Waals surface area contributed by atoms with Crippen LogP contribution in [0.5, 0.6) is 0 Å². The summed E-state index contributed by atoms with van der Waals surface area (Å²) >= 11 is 0. The van der Waals surface area contributed by atoms with Crippen LogP contribution in [0.2, 0.25) is 0 Å². The van der Waals surface area contributed by atoms with Crippen LogP contribution in [-0.4, -0.2) is 33.1 Å². The number of carbonyl (C=O) groups is 2. The number of esters is 2. The maximum Gasteiger partial charge on any atom is 0.344 e. The molecule has 0 radical (unpaired) electrons. The van der Waals surface area contributed by atoms with Crippen molar-refractivity contribution < 1.29 is 27.5 Å². The van der Waals surface area contributed by atoms with Crippen LogP contribution in [0, 0.1) is 24.7 Å². The number of carbonyl (C=O) groups excluding carboxylic acids is 2. The zero-order valence-corrected chi connectivity index (χ0v) is 20.9. The number of rotatable bonds is 8. The molecular formula is C26H33NO6S. The first-order chi connectivity index (χ1) is 16.0. The smallest absolute Gasteiger partial charge is 0.344 e. The van der Waals surface area contributed by atoms with E-state index in [4.69, 9.17) is 9.47 Å². The third-order valence-corrected chi connectivity index (χ3v) is 7.67. The summed E-state index contributed by atoms with van der Waals surface area (Å²) in [4.78, 5) is 24.7. The molecule has 1 aliphatic rings. The highest BCUT2D eigenvalue weighted by molar-refractivity contribution is 7.92. The van der Waals surface area contributed by atoms with Gasteiger partial charge in [-0.15, -0.1) is 0 Å². The summed E-state index contributed by atoms with van der Waals surface area (Å²) in [5.74, 6) is -0.0861. The van der Waals surface area contributed by atoms with E-state index in [2.05, 4.69) is 25.5 Å². The van der Waals surface area contributed by atoms with Gasteiger partial charge in [-0.05, 0) is 73.9 Å². The first-order valence-corrected chi connectivity index (χ1v) is 13.1. The van der Waals surface area contributed by atoms with Crippen molar-refractivity contribution in [3.8, 4) is 0 Å². The van der Waals surface area contributed by atoms with Gasteiger partial charge < -0.3 is 9.47 Å². The van der Waals surface area contributed by atoms with Gasteiger partial charge in [-0.1, -0.05) is 44.9 Å². The lowest BCUT2D eigenvalue weighted by atomic mass is 9.75. The number of nitrogens with one attached hydrogen (secondary N) is 1. The van der Waals surface area contributed by atoms with Crippen molar-refractivity contribution >= 4 is 27.6 Å². The number of benzene rings is 2. The quantitative estimate of drug-likeness (QED) is 0.529. The number of hydrogen-bond donors (Lipinski definition) is 1. The predicted molar refractivity (Wildman–Crippen MR) is 130 cm³/mol. The van der Waals surface area contributed by atoms with Gasteiger partial charge in [-0.25, -0.2) is 18.0 Å². The Hall–Kier alpha value is -2.87. The molecule has 3 rings (SSSR count). The van der Waals surface area contributed by atoms with Gasteiger partial charge in [0.15, 0.2) is 6.61 Å². The molecule has 8 heteroatoms. The average molecular weight is 488 g/mol. The summed E-state index contributed by atoms with van der Waals surface area (Å²) in [5.41, 5.74) is 1.61. The lowest BCUT2D eigenvalue weighted by Gasteiger charge is -2.36. The molecule has 34 heavy (non-hydrogen) atoms. The third kappa shape index (κ3) is 6.82. The molecule has 7 nitrogen and oxygen atoms in total. The lowest BCUT2D eigenvalue weighted by Crippen LogP contribution is -2.36. The molecule has 1 saturated carbocycles. The maximum absolute atomic E-state index is 12.6. The zero-order valence-electron chi connectivity index (χ0n) is 20.1. The van der Waals surface area contributed by atoms with E-state index in [1.807, 2.05) is 6.92 Å². The van der Waals surface area contributed by atoms with Gasteiger partial charge in [0.25, 0.3) is 10.0 Å². The van der Waals surface area contributed by atoms with Crippen molar-refractivity contribution in [2.75, 3.05) is 11.3 Å². The summed E-state index contributed by atoms with van der Waals surface area (Å²) in [5, 5.41) is 0. The molecule has 0 aromatic heterocycles. The number of hydrogen-bond acceptors (Lipinski definition) is 6. The monoisotopic (exact) mass is 487 g/mol. The molecule has 1 fully saturated rings. The van der Waals surface area contributed by atoms with Crippen LogP contribution >= 0.6 is 0 Å². The van der Waals surface area contributed by atoms with Crippen molar-refractivity contribution in [3.63, 3.8) is 0 Å². The van der Waals surface area contributed by atoms with E-state index in [0.717, 1.165) is 24.8 Å². The highest BCUT2D eigenvalue weighted by Crippen LogP contribution is 2.35. The molecule has 1 aliphatic carbocycles. The van der Waals surface area contributed by atoms with Crippen molar-refractivity contribution in [2.24, 2.45) is 17.8 Å². The Kier molecular flexibility index (Phi) is 8.36. The Morgan fingerprint density at radius 2 is 1.68 bits per heavy atom. The molecule has 1 N–H and O–H groups in total. The minimum absolute atomic E-state index is 0.00943. The highest BCUT2D eigenvalue weighted by Gasteiger charge is 2.33. The number of sulfonamides is 1. The van der Waals surface area contributed by atoms with Gasteiger partial charge in [-0.2, -0.15) is 0 Å². The highest BCUT2D eigenvalue weighted by atomic mass is 32.2. The number of anilines is 1. The van der Waals surface area contributed by atoms with Gasteiger partial charge in [0, 0.05) is 5.69 Å². The first-order valence-electron chi connectivity index (χ1n) is 11.6. The van der Waals surface area contributed by atoms with Crippen LogP contribution < -0.4 is 4.72 Å². The van der Waals surface area contributed by atoms with Crippen molar-refractivity contribution in [1.82, 2.24) is 0 Å². The average Bonchev–Trinajstić information content (AvgIpc) is 2.79. The summed E-state index contributed by atoms with van der Waals surface area (Å²) in [7, 11) is -3.80. The van der Waals surface area contributed by atoms with Crippen molar-refractivity contribution in [3.05, 3.63) is 59.7 Å². The predicted octanol–water partition coefficient (Wildman–Crippen LogP) is 4.96. The topological polar surface area (TPSA) is 98.8 Å². The fraction of sp³-hybridized carbons (Fsp3) is 0.462. The second kappa shape index (κ2) is 11.0. The van der Waals surface area contributed by atoms with Crippen molar-refractivity contribution in [1.29, 1.82) is 0 Å². The van der Waals surface area contributed by atoms with Crippen LogP contribution in [0.4, 0.5) is 5.69 Å². The van der Waals surface area contributed by atoms with Crippen LogP contribution in [0.25, 0.3) is 0 Å². The van der Waals surface area contributed by atoms with Gasteiger partial charge in [0.2, 0.25) is 0 Å².